The van der Waals surface area contributed by atoms with Gasteiger partial charge in [0, 0.05) is 30.4 Å². The van der Waals surface area contributed by atoms with Gasteiger partial charge < -0.3 is 14.8 Å². The second-order valence-electron chi connectivity index (χ2n) is 7.28. The molecule has 1 fully saturated rings. The van der Waals surface area contributed by atoms with Gasteiger partial charge in [0.15, 0.2) is 6.61 Å². The molecule has 2 aromatic carbocycles. The third-order valence-electron chi connectivity index (χ3n) is 5.10. The number of amides is 1. The largest absolute Gasteiger partial charge is 0.481 e. The lowest BCUT2D eigenvalue weighted by atomic mass is 10.2. The van der Waals surface area contributed by atoms with Gasteiger partial charge in [-0.1, -0.05) is 17.7 Å². The van der Waals surface area contributed by atoms with E-state index in [4.69, 9.17) is 21.1 Å². The molecule has 1 saturated heterocycles. The molecule has 0 unspecified atom stereocenters. The molecule has 1 amide bonds. The molecule has 0 atom stereocenters. The number of nitrogens with one attached hydrogen (secondary N) is 1. The van der Waals surface area contributed by atoms with E-state index in [0.717, 1.165) is 5.39 Å². The van der Waals surface area contributed by atoms with Crippen LogP contribution < -0.4 is 10.1 Å². The summed E-state index contributed by atoms with van der Waals surface area (Å²) in [5.74, 6) is 0.00208. The number of carbonyl (C=O) groups excluding carboxylic acids is 1. The minimum absolute atomic E-state index is 0.158. The van der Waals surface area contributed by atoms with Crippen molar-refractivity contribution in [2.24, 2.45) is 0 Å². The zero-order chi connectivity index (χ0) is 22.7. The first kappa shape index (κ1) is 22.5. The first-order valence-corrected chi connectivity index (χ1v) is 11.8. The Bertz CT molecular complexity index is 1260. The van der Waals surface area contributed by atoms with Crippen molar-refractivity contribution in [2.75, 3.05) is 38.2 Å². The van der Waals surface area contributed by atoms with Crippen molar-refractivity contribution in [1.29, 1.82) is 0 Å². The highest BCUT2D eigenvalue weighted by atomic mass is 35.5. The Balaban J connectivity index is 1.47. The molecular weight excluding hydrogens is 454 g/mol. The van der Waals surface area contributed by atoms with Crippen molar-refractivity contribution < 1.29 is 22.7 Å². The van der Waals surface area contributed by atoms with Crippen LogP contribution in [0.25, 0.3) is 10.9 Å². The Morgan fingerprint density at radius 3 is 2.78 bits per heavy atom. The van der Waals surface area contributed by atoms with E-state index >= 15 is 0 Å². The number of nitrogens with zero attached hydrogens (tertiary/aromatic N) is 2. The molecule has 32 heavy (non-hydrogen) atoms. The van der Waals surface area contributed by atoms with Crippen LogP contribution in [0.5, 0.6) is 5.75 Å². The Morgan fingerprint density at radius 1 is 1.22 bits per heavy atom. The Hall–Kier alpha value is -2.72. The van der Waals surface area contributed by atoms with Crippen molar-refractivity contribution in [3.63, 3.8) is 0 Å². The van der Waals surface area contributed by atoms with Crippen LogP contribution in [0.15, 0.2) is 53.6 Å². The summed E-state index contributed by atoms with van der Waals surface area (Å²) in [6, 6.07) is 11.7. The van der Waals surface area contributed by atoms with Crippen LogP contribution in [-0.4, -0.2) is 56.5 Å². The molecule has 0 radical (unpaired) electrons. The van der Waals surface area contributed by atoms with Crippen LogP contribution in [-0.2, 0) is 19.6 Å². The Labute approximate surface area is 191 Å². The molecule has 1 aliphatic rings. The van der Waals surface area contributed by atoms with Gasteiger partial charge in [-0.15, -0.1) is 0 Å². The number of ether oxygens (including phenoxy) is 2. The maximum atomic E-state index is 13.0. The minimum Gasteiger partial charge on any atom is -0.481 e. The molecule has 4 rings (SSSR count). The number of pyridine rings is 1. The number of sulfonamides is 1. The lowest BCUT2D eigenvalue weighted by Crippen LogP contribution is -2.40. The van der Waals surface area contributed by atoms with Crippen LogP contribution in [0.3, 0.4) is 0 Å². The number of hydrogen-bond acceptors (Lipinski definition) is 6. The molecule has 1 aromatic heterocycles. The number of rotatable bonds is 6. The average molecular weight is 476 g/mol. The van der Waals surface area contributed by atoms with Gasteiger partial charge in [-0.05, 0) is 48.9 Å². The number of aryl methyl sites for hydroxylation is 1. The molecule has 0 saturated carbocycles. The maximum Gasteiger partial charge on any atom is 0.262 e. The molecule has 1 N–H and O–H groups in total. The third kappa shape index (κ3) is 4.71. The van der Waals surface area contributed by atoms with Gasteiger partial charge in [-0.3, -0.25) is 9.78 Å². The third-order valence-corrected chi connectivity index (χ3v) is 7.47. The fraction of sp³-hybridized carbons (Fsp3) is 0.273. The second-order valence-corrected chi connectivity index (χ2v) is 9.59. The summed E-state index contributed by atoms with van der Waals surface area (Å²) in [6.07, 6.45) is 1.62. The highest BCUT2D eigenvalue weighted by molar-refractivity contribution is 7.89. The molecule has 0 bridgehead atoms. The number of morpholine rings is 1. The summed E-state index contributed by atoms with van der Waals surface area (Å²) >= 11 is 6.19. The number of benzene rings is 2. The lowest BCUT2D eigenvalue weighted by molar-refractivity contribution is -0.118. The zero-order valence-corrected chi connectivity index (χ0v) is 18.9. The molecule has 0 spiro atoms. The number of carbonyl (C=O) groups is 1. The molecule has 0 aliphatic carbocycles. The van der Waals surface area contributed by atoms with E-state index < -0.39 is 15.9 Å². The first-order valence-electron chi connectivity index (χ1n) is 10.0. The predicted molar refractivity (Wildman–Crippen MR) is 122 cm³/mol. The molecule has 168 valence electrons. The van der Waals surface area contributed by atoms with E-state index in [9.17, 15) is 13.2 Å². The standard InChI is InChI=1S/C22H22ClN3O5S/c1-15-4-5-16(13-20(15)32(28,29)26-9-11-30-12-10-26)25-21(27)14-31-19-7-6-18(23)17-3-2-8-24-22(17)19/h2-8,13H,9-12,14H2,1H3,(H,25,27). The number of halogens is 1. The van der Waals surface area contributed by atoms with Crippen LogP contribution in [0, 0.1) is 6.92 Å². The summed E-state index contributed by atoms with van der Waals surface area (Å²) in [6.45, 7) is 2.78. The molecule has 8 nitrogen and oxygen atoms in total. The van der Waals surface area contributed by atoms with E-state index in [1.54, 1.807) is 43.5 Å². The van der Waals surface area contributed by atoms with Crippen LogP contribution in [0.2, 0.25) is 5.02 Å². The Morgan fingerprint density at radius 2 is 2.00 bits per heavy atom. The van der Waals surface area contributed by atoms with Gasteiger partial charge >= 0.3 is 0 Å². The predicted octanol–water partition coefficient (Wildman–Crippen LogP) is 3.24. The SMILES string of the molecule is Cc1ccc(NC(=O)COc2ccc(Cl)c3cccnc23)cc1S(=O)(=O)N1CCOCC1. The number of fused-ring (bicyclic) bond motifs is 1. The van der Waals surface area contributed by atoms with Crippen molar-refractivity contribution >= 4 is 44.1 Å². The number of aromatic nitrogens is 1. The topological polar surface area (TPSA) is 97.8 Å². The maximum absolute atomic E-state index is 13.0. The van der Waals surface area contributed by atoms with E-state index in [1.807, 2.05) is 6.07 Å². The summed E-state index contributed by atoms with van der Waals surface area (Å²) in [5.41, 5.74) is 1.53. The number of hydrogen-bond donors (Lipinski definition) is 1. The summed E-state index contributed by atoms with van der Waals surface area (Å²) < 4.78 is 38.3. The first-order chi connectivity index (χ1) is 15.4. The summed E-state index contributed by atoms with van der Waals surface area (Å²) in [4.78, 5) is 16.9. The highest BCUT2D eigenvalue weighted by Gasteiger charge is 2.28. The fourth-order valence-corrected chi connectivity index (χ4v) is 5.32. The van der Waals surface area contributed by atoms with E-state index in [-0.39, 0.29) is 11.5 Å². The van der Waals surface area contributed by atoms with E-state index in [0.29, 0.717) is 53.8 Å². The molecule has 3 aromatic rings. The Kier molecular flexibility index (Phi) is 6.61. The lowest BCUT2D eigenvalue weighted by Gasteiger charge is -2.26. The highest BCUT2D eigenvalue weighted by Crippen LogP contribution is 2.29. The summed E-state index contributed by atoms with van der Waals surface area (Å²) in [5, 5.41) is 3.96. The molecule has 1 aliphatic heterocycles. The van der Waals surface area contributed by atoms with Crippen molar-refractivity contribution in [1.82, 2.24) is 9.29 Å². The second kappa shape index (κ2) is 9.41. The average Bonchev–Trinajstić information content (AvgIpc) is 2.80. The van der Waals surface area contributed by atoms with Gasteiger partial charge in [0.05, 0.1) is 23.1 Å². The van der Waals surface area contributed by atoms with Crippen LogP contribution >= 0.6 is 11.6 Å². The van der Waals surface area contributed by atoms with Gasteiger partial charge in [0.2, 0.25) is 10.0 Å². The van der Waals surface area contributed by atoms with Crippen LogP contribution in [0.1, 0.15) is 5.56 Å². The van der Waals surface area contributed by atoms with Gasteiger partial charge in [-0.25, -0.2) is 8.42 Å². The van der Waals surface area contributed by atoms with Gasteiger partial charge in [0.1, 0.15) is 11.3 Å². The molecular formula is C22H22ClN3O5S. The zero-order valence-electron chi connectivity index (χ0n) is 17.4. The monoisotopic (exact) mass is 475 g/mol. The molecule has 10 heteroatoms. The van der Waals surface area contributed by atoms with E-state index in [2.05, 4.69) is 10.3 Å². The smallest absolute Gasteiger partial charge is 0.262 e. The van der Waals surface area contributed by atoms with E-state index in [1.165, 1.54) is 10.4 Å². The van der Waals surface area contributed by atoms with Gasteiger partial charge in [-0.2, -0.15) is 4.31 Å². The van der Waals surface area contributed by atoms with Gasteiger partial charge in [0.25, 0.3) is 5.91 Å². The van der Waals surface area contributed by atoms with Crippen molar-refractivity contribution in [3.05, 3.63) is 59.2 Å². The quantitative estimate of drug-likeness (QED) is 0.587. The minimum atomic E-state index is -3.68. The van der Waals surface area contributed by atoms with Crippen LogP contribution in [0.4, 0.5) is 5.69 Å². The van der Waals surface area contributed by atoms with Crippen molar-refractivity contribution in [3.8, 4) is 5.75 Å². The molecule has 2 heterocycles. The number of anilines is 1. The summed E-state index contributed by atoms with van der Waals surface area (Å²) in [7, 11) is -3.68. The normalized spacial score (nSPS) is 14.9. The van der Waals surface area contributed by atoms with Crippen molar-refractivity contribution in [2.45, 2.75) is 11.8 Å². The fourth-order valence-electron chi connectivity index (χ4n) is 3.45.